The first-order valence-corrected chi connectivity index (χ1v) is 31.5. The summed E-state index contributed by atoms with van der Waals surface area (Å²) >= 11 is 0.866. The van der Waals surface area contributed by atoms with Gasteiger partial charge in [-0.15, -0.1) is 11.3 Å². The molecule has 480 valence electrons. The number of nitrogens with one attached hydrogen (secondary N) is 4. The molecule has 5 N–H and O–H groups in total. The Morgan fingerprint density at radius 2 is 1.32 bits per heavy atom. The molecule has 0 aliphatic carbocycles. The van der Waals surface area contributed by atoms with Crippen LogP contribution < -0.4 is 31.6 Å². The van der Waals surface area contributed by atoms with Crippen LogP contribution in [0.5, 0.6) is 5.75 Å². The molecule has 3 aliphatic rings. The molecular weight excluding hydrogens is 1200 g/mol. The molecule has 5 aromatic rings. The van der Waals surface area contributed by atoms with E-state index >= 15 is 4.39 Å². The van der Waals surface area contributed by atoms with Crippen molar-refractivity contribution in [1.29, 1.82) is 0 Å². The number of esters is 1. The Labute approximate surface area is 509 Å². The average Bonchev–Trinajstić information content (AvgIpc) is 1.66. The number of carbonyl (C=O) groups excluding carboxylic acids is 5. The van der Waals surface area contributed by atoms with Gasteiger partial charge >= 0.3 is 5.97 Å². The summed E-state index contributed by atoms with van der Waals surface area (Å²) < 4.78 is 111. The third-order valence-corrected chi connectivity index (χ3v) is 17.2. The first kappa shape index (κ1) is 67.2. The van der Waals surface area contributed by atoms with Gasteiger partial charge in [-0.05, 0) is 37.0 Å². The number of sulfone groups is 1. The van der Waals surface area contributed by atoms with Crippen LogP contribution >= 0.6 is 11.3 Å². The van der Waals surface area contributed by atoms with Crippen molar-refractivity contribution in [3.05, 3.63) is 74.1 Å². The summed E-state index contributed by atoms with van der Waals surface area (Å²) in [5.41, 5.74) is -0.0541. The standard InChI is InChI=1S/C58H73F2N7O19S2/c1-6-58(74)39-28-44-49-37(31-67(44)55(72)38(39)32-86-56(58)73)35-7-11-85-51-47(35)43(63-49)30-41(60)50(51)66-52(69)34(4)62-54(71)48(33(2)3)65-46(68)8-10-77-13-15-79-17-19-81-21-23-83-25-26-84-24-22-82-20-18-80-16-14-78-12-9-61-53(70)36-27-45-42(29-40(36)59)64-57(87-45)88(5,75)76/h27-30,33-34,48,74H,6-26,31-32H2,1-5H3,(H,61,70)(H,62,71)(H,65,68)(H,66,69)/t34-,48-,58-/m0/s1. The summed E-state index contributed by atoms with van der Waals surface area (Å²) in [6.45, 7) is 11.4. The van der Waals surface area contributed by atoms with Gasteiger partial charge in [0.2, 0.25) is 31.9 Å². The van der Waals surface area contributed by atoms with E-state index < -0.39 is 74.3 Å². The predicted molar refractivity (Wildman–Crippen MR) is 313 cm³/mol. The summed E-state index contributed by atoms with van der Waals surface area (Å²) in [6.07, 6.45) is 1.31. The van der Waals surface area contributed by atoms with Crippen molar-refractivity contribution in [1.82, 2.24) is 30.5 Å². The lowest BCUT2D eigenvalue weighted by Crippen LogP contribution is -2.53. The molecule has 3 atom stereocenters. The van der Waals surface area contributed by atoms with Gasteiger partial charge in [0.25, 0.3) is 11.5 Å². The number of nitrogens with zero attached hydrogens (tertiary/aromatic N) is 3. The Morgan fingerprint density at radius 3 is 1.90 bits per heavy atom. The lowest BCUT2D eigenvalue weighted by molar-refractivity contribution is -0.172. The molecule has 0 saturated carbocycles. The number of benzene rings is 2. The van der Waals surface area contributed by atoms with E-state index in [2.05, 4.69) is 26.3 Å². The van der Waals surface area contributed by atoms with Crippen molar-refractivity contribution < 1.29 is 93.6 Å². The minimum atomic E-state index is -3.56. The number of cyclic esters (lactones) is 1. The molecule has 0 unspecified atom stereocenters. The second-order valence-corrected chi connectivity index (χ2v) is 24.3. The van der Waals surface area contributed by atoms with Crippen molar-refractivity contribution in [3.63, 3.8) is 0 Å². The predicted octanol–water partition coefficient (Wildman–Crippen LogP) is 2.84. The van der Waals surface area contributed by atoms with Crippen LogP contribution in [0.25, 0.3) is 32.5 Å². The SMILES string of the molecule is CC[C@@]1(O)C(=O)OCc2c1cc1n(c2=O)Cc2c-1nc1cc(F)c(NC(=O)[C@H](C)NC(=O)[C@@H](NC(=O)CCOCCOCCOCCOCCOCCOCCOCCOCCNC(=O)c3cc4sc(S(C)(=O)=O)nc4cc3F)C(C)C)c3c1c2CCO3. The molecule has 3 aromatic heterocycles. The summed E-state index contributed by atoms with van der Waals surface area (Å²) in [5, 5.41) is 22.2. The van der Waals surface area contributed by atoms with Crippen LogP contribution in [0.3, 0.4) is 0 Å². The van der Waals surface area contributed by atoms with Crippen molar-refractivity contribution in [3.8, 4) is 17.1 Å². The number of hydrogen-bond donors (Lipinski definition) is 5. The molecule has 0 radical (unpaired) electrons. The van der Waals surface area contributed by atoms with E-state index in [9.17, 15) is 46.7 Å². The van der Waals surface area contributed by atoms with Crippen LogP contribution in [0.15, 0.2) is 33.4 Å². The molecule has 2 aromatic carbocycles. The fourth-order valence-electron chi connectivity index (χ4n) is 9.84. The Bertz CT molecular complexity index is 3530. The second-order valence-electron chi connectivity index (χ2n) is 21.0. The van der Waals surface area contributed by atoms with Crippen LogP contribution in [-0.2, 0) is 96.8 Å². The van der Waals surface area contributed by atoms with Gasteiger partial charge in [0.05, 0.1) is 157 Å². The Hall–Kier alpha value is -6.71. The van der Waals surface area contributed by atoms with Gasteiger partial charge in [0.15, 0.2) is 17.2 Å². The molecule has 0 bridgehead atoms. The maximum atomic E-state index is 16.1. The first-order chi connectivity index (χ1) is 42.2. The fourth-order valence-corrected chi connectivity index (χ4v) is 11.7. The number of amides is 4. The number of fused-ring (bicyclic) bond motifs is 6. The molecule has 0 saturated heterocycles. The molecule has 0 fully saturated rings. The number of ether oxygens (including phenoxy) is 10. The lowest BCUT2D eigenvalue weighted by atomic mass is 9.86. The topological polar surface area (TPSA) is 328 Å². The van der Waals surface area contributed by atoms with E-state index in [0.29, 0.717) is 106 Å². The van der Waals surface area contributed by atoms with E-state index in [1.54, 1.807) is 26.8 Å². The molecule has 3 aliphatic heterocycles. The third kappa shape index (κ3) is 16.6. The van der Waals surface area contributed by atoms with Gasteiger partial charge < -0.3 is 78.3 Å². The number of hydrogen-bond acceptors (Lipinski definition) is 22. The molecule has 4 amide bonds. The number of thiazole rings is 1. The molecular formula is C58H73F2N7O19S2. The highest BCUT2D eigenvalue weighted by Gasteiger charge is 2.46. The highest BCUT2D eigenvalue weighted by atomic mass is 32.2. The van der Waals surface area contributed by atoms with Crippen molar-refractivity contribution in [2.75, 3.05) is 130 Å². The largest absolute Gasteiger partial charge is 0.490 e. The van der Waals surface area contributed by atoms with Crippen molar-refractivity contribution in [2.24, 2.45) is 5.92 Å². The molecule has 26 nitrogen and oxygen atoms in total. The van der Waals surface area contributed by atoms with E-state index in [1.807, 2.05) is 0 Å². The number of aromatic nitrogens is 3. The van der Waals surface area contributed by atoms with Gasteiger partial charge in [0.1, 0.15) is 30.2 Å². The zero-order chi connectivity index (χ0) is 63.1. The molecule has 88 heavy (non-hydrogen) atoms. The Balaban J connectivity index is 0.615. The van der Waals surface area contributed by atoms with Gasteiger partial charge in [-0.25, -0.2) is 32.0 Å². The van der Waals surface area contributed by atoms with Gasteiger partial charge in [-0.3, -0.25) is 24.0 Å². The van der Waals surface area contributed by atoms with Crippen LogP contribution in [-0.4, -0.2) is 195 Å². The van der Waals surface area contributed by atoms with E-state index in [0.717, 1.165) is 35.3 Å². The first-order valence-electron chi connectivity index (χ1n) is 28.8. The minimum Gasteiger partial charge on any atom is -0.490 e. The maximum absolute atomic E-state index is 16.1. The minimum absolute atomic E-state index is 0.0256. The highest BCUT2D eigenvalue weighted by molar-refractivity contribution is 7.92. The number of pyridine rings is 2. The monoisotopic (exact) mass is 1270 g/mol. The molecule has 6 heterocycles. The van der Waals surface area contributed by atoms with E-state index in [1.165, 1.54) is 17.6 Å². The van der Waals surface area contributed by atoms with E-state index in [4.69, 9.17) is 52.4 Å². The summed E-state index contributed by atoms with van der Waals surface area (Å²) in [5.74, 6) is -5.34. The molecule has 8 rings (SSSR count). The number of halogens is 2. The average molecular weight is 1270 g/mol. The fraction of sp³-hybridized carbons (Fsp3) is 0.552. The number of carbonyl (C=O) groups is 5. The van der Waals surface area contributed by atoms with Crippen LogP contribution in [0.4, 0.5) is 14.5 Å². The zero-order valence-electron chi connectivity index (χ0n) is 49.5. The van der Waals surface area contributed by atoms with Crippen LogP contribution in [0.1, 0.15) is 73.1 Å². The Morgan fingerprint density at radius 1 is 0.739 bits per heavy atom. The third-order valence-electron chi connectivity index (χ3n) is 14.5. The maximum Gasteiger partial charge on any atom is 0.343 e. The lowest BCUT2D eigenvalue weighted by Gasteiger charge is -2.31. The summed E-state index contributed by atoms with van der Waals surface area (Å²) in [4.78, 5) is 87.5. The smallest absolute Gasteiger partial charge is 0.343 e. The van der Waals surface area contributed by atoms with Crippen molar-refractivity contribution >= 4 is 77.6 Å². The Kier molecular flexibility index (Phi) is 23.8. The zero-order valence-corrected chi connectivity index (χ0v) is 51.1. The van der Waals surface area contributed by atoms with Crippen LogP contribution in [0, 0.1) is 17.6 Å². The van der Waals surface area contributed by atoms with E-state index in [-0.39, 0.29) is 122 Å². The second kappa shape index (κ2) is 31.2. The van der Waals surface area contributed by atoms with Gasteiger partial charge in [-0.1, -0.05) is 20.8 Å². The molecule has 30 heteroatoms. The van der Waals surface area contributed by atoms with Gasteiger partial charge in [-0.2, -0.15) is 0 Å². The van der Waals surface area contributed by atoms with Crippen molar-refractivity contribution in [2.45, 2.75) is 82.1 Å². The normalized spacial score (nSPS) is 15.8. The molecule has 0 spiro atoms. The number of rotatable bonds is 36. The number of anilines is 1. The summed E-state index contributed by atoms with van der Waals surface area (Å²) in [6, 6.07) is 2.86. The number of aliphatic hydroxyl groups is 1. The van der Waals surface area contributed by atoms with Gasteiger partial charge in [0, 0.05) is 54.3 Å². The quantitative estimate of drug-likeness (QED) is 0.0279. The van der Waals surface area contributed by atoms with Crippen LogP contribution in [0.2, 0.25) is 0 Å². The highest BCUT2D eigenvalue weighted by Crippen LogP contribution is 2.46. The summed E-state index contributed by atoms with van der Waals surface area (Å²) in [7, 11) is -3.56.